The Labute approximate surface area is 178 Å². The van der Waals surface area contributed by atoms with Crippen molar-refractivity contribution in [3.63, 3.8) is 0 Å². The van der Waals surface area contributed by atoms with Gasteiger partial charge in [0.15, 0.2) is 12.4 Å². The fourth-order valence-electron chi connectivity index (χ4n) is 1.30. The van der Waals surface area contributed by atoms with E-state index in [1.54, 1.807) is 0 Å². The van der Waals surface area contributed by atoms with Crippen LogP contribution in [-0.4, -0.2) is 21.8 Å². The molecule has 0 aromatic carbocycles. The molecular formula is C14H30I2N6S. The molecule has 1 aromatic heterocycles. The Kier molecular flexibility index (Phi) is 43.8. The lowest BCUT2D eigenvalue weighted by Crippen LogP contribution is -3.00. The molecule has 0 aliphatic rings. The maximum atomic E-state index is 7.10. The molecule has 0 fully saturated rings. The van der Waals surface area contributed by atoms with Crippen molar-refractivity contribution in [2.75, 3.05) is 17.3 Å². The highest BCUT2D eigenvalue weighted by molar-refractivity contribution is 7.96. The summed E-state index contributed by atoms with van der Waals surface area (Å²) in [6.07, 6.45) is 8.64. The van der Waals surface area contributed by atoms with Crippen molar-refractivity contribution < 1.29 is 52.5 Å². The molecular weight excluding hydrogens is 538 g/mol. The second-order valence-electron chi connectivity index (χ2n) is 3.65. The maximum Gasteiger partial charge on any atom is 0.243 e. The largest absolute Gasteiger partial charge is 1.00 e. The summed E-state index contributed by atoms with van der Waals surface area (Å²) in [5.74, 6) is 4.15. The first kappa shape index (κ1) is 34.0. The van der Waals surface area contributed by atoms with E-state index in [1.165, 1.54) is 29.6 Å². The lowest BCUT2D eigenvalue weighted by atomic mass is 10.7. The fourth-order valence-corrected chi connectivity index (χ4v) is 2.53. The van der Waals surface area contributed by atoms with Gasteiger partial charge in [-0.3, -0.25) is 0 Å². The molecule has 0 amide bonds. The van der Waals surface area contributed by atoms with Crippen molar-refractivity contribution in [2.45, 2.75) is 34.2 Å². The Hall–Kier alpha value is -0.400. The zero-order chi connectivity index (χ0) is 17.1. The van der Waals surface area contributed by atoms with Gasteiger partial charge < -0.3 is 59.4 Å². The van der Waals surface area contributed by atoms with Gasteiger partial charge >= 0.3 is 0 Å². The van der Waals surface area contributed by atoms with Crippen molar-refractivity contribution in [3.05, 3.63) is 18.7 Å². The number of nitrogens with two attached hydrogens (primary N) is 2. The minimum Gasteiger partial charge on any atom is -1.00 e. The molecule has 0 radical (unpaired) electrons. The van der Waals surface area contributed by atoms with Gasteiger partial charge in [-0.05, 0) is 38.6 Å². The number of hydrogen-bond donors (Lipinski definition) is 2. The summed E-state index contributed by atoms with van der Waals surface area (Å²) in [7, 11) is 2.77. The molecule has 1 heterocycles. The molecule has 0 unspecified atom stereocenters. The molecule has 1 aromatic rings. The molecule has 0 aliphatic carbocycles. The SMILES string of the molecule is CC[S+](CC)CC.CCn1cc[n+](C)c1.N#CN.N#CN.[I-].[I-]. The lowest BCUT2D eigenvalue weighted by Gasteiger charge is -1.96. The van der Waals surface area contributed by atoms with Crippen LogP contribution in [0.3, 0.4) is 0 Å². The van der Waals surface area contributed by atoms with Crippen LogP contribution in [0.25, 0.3) is 0 Å². The number of rotatable bonds is 4. The van der Waals surface area contributed by atoms with E-state index < -0.39 is 0 Å². The Morgan fingerprint density at radius 3 is 1.43 bits per heavy atom. The fraction of sp³-hybridized carbons (Fsp3) is 0.643. The standard InChI is InChI=1S/C6H11N2.C6H15S.2CH2N2.2HI/c1-3-8-5-4-7(2)6-8;1-4-7(5-2)6-3;2*2-1-3;;/h4-6H,3H2,1-2H3;4-6H2,1-3H3;2*2H2;2*1H/q2*+1;;;;/p-2. The highest BCUT2D eigenvalue weighted by atomic mass is 127. The minimum absolute atomic E-state index is 0. The average molecular weight is 568 g/mol. The predicted molar refractivity (Wildman–Crippen MR) is 89.9 cm³/mol. The normalized spacial score (nSPS) is 7.13. The zero-order valence-electron chi connectivity index (χ0n) is 14.7. The van der Waals surface area contributed by atoms with Gasteiger partial charge in [-0.1, -0.05) is 0 Å². The van der Waals surface area contributed by atoms with Crippen molar-refractivity contribution in [1.29, 1.82) is 10.5 Å². The summed E-state index contributed by atoms with van der Waals surface area (Å²) in [6, 6.07) is 0. The van der Waals surface area contributed by atoms with Crippen LogP contribution in [0.4, 0.5) is 0 Å². The topological polar surface area (TPSA) is 108 Å². The minimum atomic E-state index is 0. The Balaban J connectivity index is -0.0000000665. The first-order valence-corrected chi connectivity index (χ1v) is 8.58. The summed E-state index contributed by atoms with van der Waals surface area (Å²) < 4.78 is 4.16. The van der Waals surface area contributed by atoms with Crippen LogP contribution in [0, 0.1) is 22.9 Å². The van der Waals surface area contributed by atoms with Crippen molar-refractivity contribution in [3.8, 4) is 12.4 Å². The third-order valence-electron chi connectivity index (χ3n) is 2.41. The van der Waals surface area contributed by atoms with Gasteiger partial charge in [0.1, 0.15) is 29.7 Å². The number of imidazole rings is 1. The molecule has 0 aliphatic heterocycles. The summed E-state index contributed by atoms with van der Waals surface area (Å²) >= 11 is 0. The second-order valence-corrected chi connectivity index (χ2v) is 6.60. The second kappa shape index (κ2) is 29.6. The van der Waals surface area contributed by atoms with E-state index in [9.17, 15) is 0 Å². The Morgan fingerprint density at radius 1 is 1.00 bits per heavy atom. The Morgan fingerprint density at radius 2 is 1.35 bits per heavy atom. The van der Waals surface area contributed by atoms with Crippen LogP contribution in [0.5, 0.6) is 0 Å². The number of nitriles is 2. The van der Waals surface area contributed by atoms with Gasteiger partial charge in [0.05, 0.1) is 13.6 Å². The van der Waals surface area contributed by atoms with Crippen LogP contribution in [0.1, 0.15) is 27.7 Å². The van der Waals surface area contributed by atoms with Crippen molar-refractivity contribution in [1.82, 2.24) is 4.57 Å². The third kappa shape index (κ3) is 30.1. The lowest BCUT2D eigenvalue weighted by molar-refractivity contribution is -0.671. The molecule has 0 bridgehead atoms. The van der Waals surface area contributed by atoms with E-state index in [4.69, 9.17) is 10.5 Å². The monoisotopic (exact) mass is 568 g/mol. The summed E-state index contributed by atoms with van der Waals surface area (Å²) in [5, 5.41) is 14.2. The molecule has 9 heteroatoms. The number of nitrogens with zero attached hydrogens (tertiary/aromatic N) is 4. The summed E-state index contributed by atoms with van der Waals surface area (Å²) in [4.78, 5) is 0. The van der Waals surface area contributed by atoms with E-state index in [-0.39, 0.29) is 48.0 Å². The van der Waals surface area contributed by atoms with Crippen LogP contribution in [-0.2, 0) is 24.5 Å². The summed E-state index contributed by atoms with van der Waals surface area (Å²) in [5.41, 5.74) is 8.31. The smallest absolute Gasteiger partial charge is 0.243 e. The molecule has 6 nitrogen and oxygen atoms in total. The molecule has 136 valence electrons. The first-order chi connectivity index (χ1) is 10.0. The van der Waals surface area contributed by atoms with E-state index >= 15 is 0 Å². The summed E-state index contributed by atoms with van der Waals surface area (Å²) in [6.45, 7) is 10.0. The molecule has 0 atom stereocenters. The predicted octanol–water partition coefficient (Wildman–Crippen LogP) is -5.14. The first-order valence-electron chi connectivity index (χ1n) is 6.85. The molecule has 0 spiro atoms. The number of aromatic nitrogens is 2. The molecule has 23 heavy (non-hydrogen) atoms. The van der Waals surface area contributed by atoms with Gasteiger partial charge in [0.2, 0.25) is 6.33 Å². The number of hydrogen-bond acceptors (Lipinski definition) is 4. The average Bonchev–Trinajstić information content (AvgIpc) is 2.89. The van der Waals surface area contributed by atoms with E-state index in [2.05, 4.69) is 56.3 Å². The van der Waals surface area contributed by atoms with E-state index in [0.29, 0.717) is 0 Å². The van der Waals surface area contributed by atoms with Gasteiger partial charge in [-0.25, -0.2) is 9.13 Å². The van der Waals surface area contributed by atoms with E-state index in [1.807, 2.05) is 17.8 Å². The van der Waals surface area contributed by atoms with Crippen LogP contribution in [0.2, 0.25) is 0 Å². The van der Waals surface area contributed by atoms with Crippen LogP contribution >= 0.6 is 0 Å². The van der Waals surface area contributed by atoms with Crippen LogP contribution in [0.15, 0.2) is 18.7 Å². The molecule has 0 saturated heterocycles. The van der Waals surface area contributed by atoms with E-state index in [0.717, 1.165) is 17.4 Å². The molecule has 4 N–H and O–H groups in total. The number of aryl methyl sites for hydroxylation is 2. The van der Waals surface area contributed by atoms with Gasteiger partial charge in [0.25, 0.3) is 0 Å². The highest BCUT2D eigenvalue weighted by Gasteiger charge is 2.05. The van der Waals surface area contributed by atoms with Crippen molar-refractivity contribution >= 4 is 10.9 Å². The maximum absolute atomic E-state index is 7.10. The highest BCUT2D eigenvalue weighted by Crippen LogP contribution is 1.92. The van der Waals surface area contributed by atoms with Gasteiger partial charge in [-0.2, -0.15) is 10.5 Å². The Bertz CT molecular complexity index is 379. The molecule has 1 rings (SSSR count). The molecule has 0 saturated carbocycles. The third-order valence-corrected chi connectivity index (χ3v) is 4.86. The zero-order valence-corrected chi connectivity index (χ0v) is 19.8. The van der Waals surface area contributed by atoms with Gasteiger partial charge in [-0.15, -0.1) is 0 Å². The van der Waals surface area contributed by atoms with Crippen molar-refractivity contribution in [2.24, 2.45) is 18.5 Å². The quantitative estimate of drug-likeness (QED) is 0.125. The van der Waals surface area contributed by atoms with Crippen LogP contribution < -0.4 is 64.0 Å². The number of halogens is 2. The van der Waals surface area contributed by atoms with Gasteiger partial charge in [0, 0.05) is 0 Å².